The summed E-state index contributed by atoms with van der Waals surface area (Å²) in [5.41, 5.74) is 5.50. The number of carbonyl (C=O) groups excluding carboxylic acids is 2. The van der Waals surface area contributed by atoms with Crippen molar-refractivity contribution in [3.63, 3.8) is 0 Å². The van der Waals surface area contributed by atoms with E-state index in [1.165, 1.54) is 5.56 Å². The summed E-state index contributed by atoms with van der Waals surface area (Å²) in [6.45, 7) is 6.17. The average molecular weight is 606 g/mol. The Labute approximate surface area is 264 Å². The van der Waals surface area contributed by atoms with Gasteiger partial charge < -0.3 is 15.5 Å². The highest BCUT2D eigenvalue weighted by atomic mass is 16.2. The monoisotopic (exact) mass is 605 g/mol. The standard InChI is InChI=1S/C37H43N5O3/c1-23(2)31(43)18-11-24-6-5-20-42(21-19-24)37(45)28-16-14-26(15-17-28)32-34(27-12-9-25(10-13-27)22-38-3)39-30-8-4-7-29-33(30)35(32)40-41-36(29)44/h4,7-10,12-17,23-24,32,34,38-39H,5-6,11,18-22H2,1-3H3,(H,41,44). The number of anilines is 1. The molecule has 1 aromatic heterocycles. The summed E-state index contributed by atoms with van der Waals surface area (Å²) in [7, 11) is 1.94. The van der Waals surface area contributed by atoms with Gasteiger partial charge in [-0.05, 0) is 79.6 Å². The van der Waals surface area contributed by atoms with E-state index in [4.69, 9.17) is 0 Å². The molecule has 8 nitrogen and oxygen atoms in total. The first-order valence-electron chi connectivity index (χ1n) is 16.3. The van der Waals surface area contributed by atoms with Gasteiger partial charge in [0, 0.05) is 48.6 Å². The summed E-state index contributed by atoms with van der Waals surface area (Å²) in [5.74, 6) is 0.760. The Morgan fingerprint density at radius 1 is 0.978 bits per heavy atom. The lowest BCUT2D eigenvalue weighted by atomic mass is 9.79. The summed E-state index contributed by atoms with van der Waals surface area (Å²) in [6, 6.07) is 22.1. The lowest BCUT2D eigenvalue weighted by Gasteiger charge is -2.35. The van der Waals surface area contributed by atoms with Crippen molar-refractivity contribution < 1.29 is 9.59 Å². The Bertz CT molecular complexity index is 1730. The second-order valence-electron chi connectivity index (χ2n) is 12.9. The topological polar surface area (TPSA) is 107 Å². The van der Waals surface area contributed by atoms with Gasteiger partial charge in [-0.3, -0.25) is 14.4 Å². The molecule has 45 heavy (non-hydrogen) atoms. The predicted molar refractivity (Wildman–Crippen MR) is 179 cm³/mol. The quantitative estimate of drug-likeness (QED) is 0.210. The van der Waals surface area contributed by atoms with E-state index in [2.05, 4.69) is 45.1 Å². The van der Waals surface area contributed by atoms with Crippen molar-refractivity contribution in [1.29, 1.82) is 0 Å². The molecule has 234 valence electrons. The molecule has 3 N–H and O–H groups in total. The molecular weight excluding hydrogens is 562 g/mol. The number of carbonyl (C=O) groups is 2. The van der Waals surface area contributed by atoms with Gasteiger partial charge in [-0.2, -0.15) is 5.10 Å². The predicted octanol–water partition coefficient (Wildman–Crippen LogP) is 6.19. The van der Waals surface area contributed by atoms with Crippen LogP contribution in [0.4, 0.5) is 5.69 Å². The smallest absolute Gasteiger partial charge is 0.272 e. The van der Waals surface area contributed by atoms with Crippen molar-refractivity contribution in [2.24, 2.45) is 11.8 Å². The molecule has 3 atom stereocenters. The number of hydrogen-bond acceptors (Lipinski definition) is 6. The van der Waals surface area contributed by atoms with E-state index in [1.807, 2.05) is 68.3 Å². The number of amides is 1. The van der Waals surface area contributed by atoms with Crippen LogP contribution in [0.3, 0.4) is 0 Å². The van der Waals surface area contributed by atoms with Crippen LogP contribution in [0.5, 0.6) is 0 Å². The Hall–Kier alpha value is -4.30. The molecule has 0 spiro atoms. The van der Waals surface area contributed by atoms with E-state index in [1.54, 1.807) is 0 Å². The van der Waals surface area contributed by atoms with E-state index >= 15 is 0 Å². The first-order chi connectivity index (χ1) is 21.8. The molecule has 0 saturated carbocycles. The average Bonchev–Trinajstić information content (AvgIpc) is 3.31. The molecule has 8 heteroatoms. The minimum absolute atomic E-state index is 0.0498. The first kappa shape index (κ1) is 30.7. The van der Waals surface area contributed by atoms with Gasteiger partial charge in [0.1, 0.15) is 5.78 Å². The van der Waals surface area contributed by atoms with Gasteiger partial charge >= 0.3 is 0 Å². The van der Waals surface area contributed by atoms with Crippen molar-refractivity contribution in [2.45, 2.75) is 64.5 Å². The van der Waals surface area contributed by atoms with Crippen LogP contribution in [0.25, 0.3) is 10.8 Å². The number of hydrogen-bond donors (Lipinski definition) is 3. The number of H-pyrrole nitrogens is 1. The Balaban J connectivity index is 1.26. The van der Waals surface area contributed by atoms with Crippen molar-refractivity contribution in [3.05, 3.63) is 105 Å². The molecule has 2 aliphatic heterocycles. The molecule has 3 aromatic carbocycles. The third-order valence-electron chi connectivity index (χ3n) is 9.60. The van der Waals surface area contributed by atoms with E-state index in [0.717, 1.165) is 73.2 Å². The molecule has 2 aliphatic rings. The summed E-state index contributed by atoms with van der Waals surface area (Å²) < 4.78 is 0. The van der Waals surface area contributed by atoms with Gasteiger partial charge in [0.25, 0.3) is 11.5 Å². The normalized spacial score (nSPS) is 19.7. The van der Waals surface area contributed by atoms with Gasteiger partial charge in [-0.1, -0.05) is 56.3 Å². The minimum atomic E-state index is -0.210. The Morgan fingerprint density at radius 3 is 2.47 bits per heavy atom. The van der Waals surface area contributed by atoms with Crippen molar-refractivity contribution in [2.75, 3.05) is 25.5 Å². The van der Waals surface area contributed by atoms with Crippen LogP contribution < -0.4 is 16.2 Å². The maximum atomic E-state index is 13.6. The third kappa shape index (κ3) is 6.43. The molecule has 1 amide bonds. The Kier molecular flexibility index (Phi) is 9.12. The molecule has 1 saturated heterocycles. The summed E-state index contributed by atoms with van der Waals surface area (Å²) in [6.07, 6.45) is 4.50. The van der Waals surface area contributed by atoms with Crippen molar-refractivity contribution in [1.82, 2.24) is 20.4 Å². The van der Waals surface area contributed by atoms with Crippen LogP contribution in [0.1, 0.15) is 90.7 Å². The SMILES string of the molecule is CNCc1ccc(C2Nc3cccc4c(=O)[nH]nc(c34)C2c2ccc(C(=O)N3CCCC(CCC(=O)C(C)C)CC3)cc2)cc1. The highest BCUT2D eigenvalue weighted by Crippen LogP contribution is 2.46. The highest BCUT2D eigenvalue weighted by molar-refractivity contribution is 5.97. The number of aromatic nitrogens is 2. The van der Waals surface area contributed by atoms with Crippen LogP contribution in [0, 0.1) is 11.8 Å². The highest BCUT2D eigenvalue weighted by Gasteiger charge is 2.35. The largest absolute Gasteiger partial charge is 0.377 e. The molecular formula is C37H43N5O3. The first-order valence-corrected chi connectivity index (χ1v) is 16.3. The summed E-state index contributed by atoms with van der Waals surface area (Å²) in [4.78, 5) is 40.5. The summed E-state index contributed by atoms with van der Waals surface area (Å²) in [5, 5.41) is 15.7. The van der Waals surface area contributed by atoms with Crippen LogP contribution in [-0.2, 0) is 11.3 Å². The second-order valence-corrected chi connectivity index (χ2v) is 12.9. The number of likely N-dealkylation sites (tertiary alicyclic amines) is 1. The van der Waals surface area contributed by atoms with Gasteiger partial charge in [-0.15, -0.1) is 0 Å². The molecule has 1 fully saturated rings. The number of benzene rings is 3. The number of nitrogens with one attached hydrogen (secondary N) is 3. The number of nitrogens with zero attached hydrogens (tertiary/aromatic N) is 2. The van der Waals surface area contributed by atoms with E-state index in [9.17, 15) is 14.4 Å². The van der Waals surface area contributed by atoms with E-state index in [0.29, 0.717) is 29.1 Å². The molecule has 0 bridgehead atoms. The number of aromatic amines is 1. The zero-order chi connectivity index (χ0) is 31.5. The van der Waals surface area contributed by atoms with E-state index in [-0.39, 0.29) is 29.3 Å². The zero-order valence-corrected chi connectivity index (χ0v) is 26.4. The van der Waals surface area contributed by atoms with Crippen LogP contribution in [-0.4, -0.2) is 46.9 Å². The molecule has 0 radical (unpaired) electrons. The fourth-order valence-electron chi connectivity index (χ4n) is 6.98. The summed E-state index contributed by atoms with van der Waals surface area (Å²) >= 11 is 0. The van der Waals surface area contributed by atoms with Crippen LogP contribution >= 0.6 is 0 Å². The fraction of sp³-hybridized carbons (Fsp3) is 0.405. The van der Waals surface area contributed by atoms with Gasteiger partial charge in [-0.25, -0.2) is 5.10 Å². The molecule has 4 aromatic rings. The number of rotatable bonds is 9. The van der Waals surface area contributed by atoms with E-state index < -0.39 is 0 Å². The lowest BCUT2D eigenvalue weighted by molar-refractivity contribution is -0.122. The maximum Gasteiger partial charge on any atom is 0.272 e. The molecule has 3 unspecified atom stereocenters. The Morgan fingerprint density at radius 2 is 1.73 bits per heavy atom. The minimum Gasteiger partial charge on any atom is -0.377 e. The van der Waals surface area contributed by atoms with Crippen LogP contribution in [0.15, 0.2) is 71.5 Å². The van der Waals surface area contributed by atoms with Crippen LogP contribution in [0.2, 0.25) is 0 Å². The lowest BCUT2D eigenvalue weighted by Crippen LogP contribution is -2.32. The molecule has 6 rings (SSSR count). The van der Waals surface area contributed by atoms with Crippen molar-refractivity contribution in [3.8, 4) is 0 Å². The van der Waals surface area contributed by atoms with Gasteiger partial charge in [0.15, 0.2) is 0 Å². The molecule has 0 aliphatic carbocycles. The maximum absolute atomic E-state index is 13.6. The zero-order valence-electron chi connectivity index (χ0n) is 26.4. The molecule has 3 heterocycles. The number of ketones is 1. The third-order valence-corrected chi connectivity index (χ3v) is 9.60. The number of Topliss-reactive ketones (excluding diaryl/α,β-unsaturated/α-hetero) is 1. The van der Waals surface area contributed by atoms with Crippen molar-refractivity contribution >= 4 is 28.2 Å². The van der Waals surface area contributed by atoms with Gasteiger partial charge in [0.2, 0.25) is 0 Å². The van der Waals surface area contributed by atoms with Gasteiger partial charge in [0.05, 0.1) is 23.0 Å². The fourth-order valence-corrected chi connectivity index (χ4v) is 6.98. The second kappa shape index (κ2) is 13.4.